The Hall–Kier alpha value is -1.36. The molecule has 1 aliphatic carbocycles. The molecule has 4 nitrogen and oxygen atoms in total. The number of nitrogens with zero attached hydrogens (tertiary/aromatic N) is 1. The average Bonchev–Trinajstić information content (AvgIpc) is 3.14. The molecular weight excluding hydrogens is 344 g/mol. The molecule has 2 amide bonds. The second-order valence-electron chi connectivity index (χ2n) is 6.18. The van der Waals surface area contributed by atoms with Crippen molar-refractivity contribution in [2.45, 2.75) is 37.5 Å². The number of carbonyl (C=O) groups is 2. The summed E-state index contributed by atoms with van der Waals surface area (Å²) < 4.78 is 1.02. The predicted molar refractivity (Wildman–Crippen MR) is 88.5 cm³/mol. The Bertz CT molecular complexity index is 561. The van der Waals surface area contributed by atoms with E-state index < -0.39 is 0 Å². The molecule has 0 radical (unpaired) electrons. The van der Waals surface area contributed by atoms with Gasteiger partial charge in [-0.05, 0) is 43.4 Å². The van der Waals surface area contributed by atoms with Crippen molar-refractivity contribution in [2.75, 3.05) is 19.6 Å². The molecule has 1 aromatic rings. The van der Waals surface area contributed by atoms with E-state index in [1.165, 1.54) is 0 Å². The molecule has 1 saturated carbocycles. The first-order chi connectivity index (χ1) is 10.6. The van der Waals surface area contributed by atoms with Crippen LogP contribution in [0.1, 0.15) is 37.7 Å². The minimum Gasteiger partial charge on any atom is -0.355 e. The maximum Gasteiger partial charge on any atom is 0.230 e. The van der Waals surface area contributed by atoms with Crippen LogP contribution >= 0.6 is 15.9 Å². The normalized spacial score (nSPS) is 19.0. The topological polar surface area (TPSA) is 49.4 Å². The quantitative estimate of drug-likeness (QED) is 0.872. The molecule has 1 heterocycles. The monoisotopic (exact) mass is 364 g/mol. The molecule has 0 spiro atoms. The molecule has 2 aliphatic rings. The summed E-state index contributed by atoms with van der Waals surface area (Å²) in [7, 11) is 0. The smallest absolute Gasteiger partial charge is 0.230 e. The molecule has 22 heavy (non-hydrogen) atoms. The van der Waals surface area contributed by atoms with E-state index in [0.717, 1.165) is 48.8 Å². The van der Waals surface area contributed by atoms with Crippen LogP contribution in [0.3, 0.4) is 0 Å². The summed E-state index contributed by atoms with van der Waals surface area (Å²) in [5.41, 5.74) is 0.705. The van der Waals surface area contributed by atoms with Gasteiger partial charge in [-0.1, -0.05) is 28.1 Å². The van der Waals surface area contributed by atoms with E-state index in [-0.39, 0.29) is 17.2 Å². The van der Waals surface area contributed by atoms with Crippen molar-refractivity contribution in [3.63, 3.8) is 0 Å². The third kappa shape index (κ3) is 3.19. The lowest BCUT2D eigenvalue weighted by Crippen LogP contribution is -2.37. The summed E-state index contributed by atoms with van der Waals surface area (Å²) in [6, 6.07) is 7.96. The molecule has 1 aromatic carbocycles. The fraction of sp³-hybridized carbons (Fsp3) is 0.529. The Morgan fingerprint density at radius 2 is 1.77 bits per heavy atom. The molecule has 5 heteroatoms. The van der Waals surface area contributed by atoms with E-state index in [2.05, 4.69) is 21.2 Å². The van der Waals surface area contributed by atoms with Gasteiger partial charge in [-0.15, -0.1) is 0 Å². The number of amides is 2. The van der Waals surface area contributed by atoms with Gasteiger partial charge < -0.3 is 10.2 Å². The van der Waals surface area contributed by atoms with Gasteiger partial charge >= 0.3 is 0 Å². The van der Waals surface area contributed by atoms with E-state index in [1.54, 1.807) is 0 Å². The molecule has 0 bridgehead atoms. The largest absolute Gasteiger partial charge is 0.355 e. The third-order valence-corrected chi connectivity index (χ3v) is 5.19. The fourth-order valence-electron chi connectivity index (χ4n) is 3.12. The lowest BCUT2D eigenvalue weighted by molar-refractivity contribution is -0.130. The predicted octanol–water partition coefficient (Wildman–Crippen LogP) is 2.61. The molecule has 0 atom stereocenters. The Labute approximate surface area is 139 Å². The molecule has 3 rings (SSSR count). The van der Waals surface area contributed by atoms with Crippen LogP contribution in [0.15, 0.2) is 28.7 Å². The highest BCUT2D eigenvalue weighted by atomic mass is 79.9. The van der Waals surface area contributed by atoms with Crippen LogP contribution in [-0.4, -0.2) is 36.3 Å². The van der Waals surface area contributed by atoms with Crippen LogP contribution in [0.5, 0.6) is 0 Å². The van der Waals surface area contributed by atoms with E-state index >= 15 is 0 Å². The first kappa shape index (κ1) is 15.5. The highest BCUT2D eigenvalue weighted by Crippen LogP contribution is 2.48. The van der Waals surface area contributed by atoms with Crippen molar-refractivity contribution in [3.05, 3.63) is 34.3 Å². The van der Waals surface area contributed by atoms with Crippen LogP contribution < -0.4 is 5.32 Å². The highest BCUT2D eigenvalue weighted by molar-refractivity contribution is 9.10. The number of halogens is 1. The number of rotatable bonds is 5. The number of hydrogen-bond donors (Lipinski definition) is 1. The summed E-state index contributed by atoms with van der Waals surface area (Å²) in [4.78, 5) is 26.3. The van der Waals surface area contributed by atoms with Gasteiger partial charge in [0.2, 0.25) is 11.8 Å². The van der Waals surface area contributed by atoms with E-state index in [0.29, 0.717) is 13.0 Å². The van der Waals surface area contributed by atoms with Gasteiger partial charge in [0.15, 0.2) is 0 Å². The van der Waals surface area contributed by atoms with Crippen LogP contribution in [0.2, 0.25) is 0 Å². The zero-order chi connectivity index (χ0) is 15.6. The summed E-state index contributed by atoms with van der Waals surface area (Å²) >= 11 is 3.42. The highest BCUT2D eigenvalue weighted by Gasteiger charge is 2.51. The Kier molecular flexibility index (Phi) is 4.52. The summed E-state index contributed by atoms with van der Waals surface area (Å²) in [6.45, 7) is 2.18. The van der Waals surface area contributed by atoms with Gasteiger partial charge in [0.1, 0.15) is 0 Å². The van der Waals surface area contributed by atoms with Crippen LogP contribution in [0.25, 0.3) is 0 Å². The Morgan fingerprint density at radius 1 is 1.14 bits per heavy atom. The van der Waals surface area contributed by atoms with Crippen molar-refractivity contribution in [2.24, 2.45) is 0 Å². The van der Waals surface area contributed by atoms with E-state index in [4.69, 9.17) is 0 Å². The molecule has 1 aliphatic heterocycles. The number of carbonyl (C=O) groups excluding carboxylic acids is 2. The lowest BCUT2D eigenvalue weighted by atomic mass is 9.95. The fourth-order valence-corrected chi connectivity index (χ4v) is 3.38. The zero-order valence-corrected chi connectivity index (χ0v) is 14.2. The number of hydrogen-bond acceptors (Lipinski definition) is 2. The standard InChI is InChI=1S/C17H21BrN2O2/c18-14-5-3-13(4-6-14)17(8-9-17)16(22)19-10-7-15(21)20-11-1-2-12-20/h3-6H,1-2,7-12H2,(H,19,22). The van der Waals surface area contributed by atoms with Crippen LogP contribution in [-0.2, 0) is 15.0 Å². The molecule has 1 saturated heterocycles. The van der Waals surface area contributed by atoms with Gasteiger partial charge in [0.25, 0.3) is 0 Å². The van der Waals surface area contributed by atoms with Gasteiger partial charge in [-0.3, -0.25) is 9.59 Å². The van der Waals surface area contributed by atoms with Gasteiger partial charge in [-0.25, -0.2) is 0 Å². The first-order valence-corrected chi connectivity index (χ1v) is 8.73. The first-order valence-electron chi connectivity index (χ1n) is 7.94. The van der Waals surface area contributed by atoms with E-state index in [1.807, 2.05) is 29.2 Å². The summed E-state index contributed by atoms with van der Waals surface area (Å²) in [5.74, 6) is 0.218. The van der Waals surface area contributed by atoms with Gasteiger partial charge in [0, 0.05) is 30.5 Å². The van der Waals surface area contributed by atoms with Crippen molar-refractivity contribution in [1.82, 2.24) is 10.2 Å². The van der Waals surface area contributed by atoms with Crippen molar-refractivity contribution in [3.8, 4) is 0 Å². The SMILES string of the molecule is O=C(CCNC(=O)C1(c2ccc(Br)cc2)CC1)N1CCCC1. The molecule has 2 fully saturated rings. The lowest BCUT2D eigenvalue weighted by Gasteiger charge is -2.18. The maximum atomic E-state index is 12.5. The van der Waals surface area contributed by atoms with Crippen molar-refractivity contribution in [1.29, 1.82) is 0 Å². The van der Waals surface area contributed by atoms with Crippen LogP contribution in [0.4, 0.5) is 0 Å². The van der Waals surface area contributed by atoms with Crippen LogP contribution in [0, 0.1) is 0 Å². The molecular formula is C17H21BrN2O2. The minimum absolute atomic E-state index is 0.0593. The minimum atomic E-state index is -0.364. The molecule has 0 unspecified atom stereocenters. The van der Waals surface area contributed by atoms with E-state index in [9.17, 15) is 9.59 Å². The van der Waals surface area contributed by atoms with Gasteiger partial charge in [-0.2, -0.15) is 0 Å². The number of benzene rings is 1. The summed E-state index contributed by atoms with van der Waals surface area (Å²) in [5, 5.41) is 2.95. The second-order valence-corrected chi connectivity index (χ2v) is 7.10. The van der Waals surface area contributed by atoms with Crippen molar-refractivity contribution >= 4 is 27.7 Å². The molecule has 118 valence electrons. The molecule has 1 N–H and O–H groups in total. The Balaban J connectivity index is 1.51. The Morgan fingerprint density at radius 3 is 2.36 bits per heavy atom. The molecule has 0 aromatic heterocycles. The van der Waals surface area contributed by atoms with Gasteiger partial charge in [0.05, 0.1) is 5.41 Å². The number of nitrogens with one attached hydrogen (secondary N) is 1. The zero-order valence-electron chi connectivity index (χ0n) is 12.6. The second kappa shape index (κ2) is 6.41. The maximum absolute atomic E-state index is 12.5. The number of likely N-dealkylation sites (tertiary alicyclic amines) is 1. The summed E-state index contributed by atoms with van der Waals surface area (Å²) in [6.07, 6.45) is 4.39. The average molecular weight is 365 g/mol. The third-order valence-electron chi connectivity index (χ3n) is 4.66. The van der Waals surface area contributed by atoms with Crippen molar-refractivity contribution < 1.29 is 9.59 Å².